The quantitative estimate of drug-likeness (QED) is 0.399. The van der Waals surface area contributed by atoms with E-state index >= 15 is 0 Å². The van der Waals surface area contributed by atoms with Gasteiger partial charge < -0.3 is 19.2 Å². The maximum Gasteiger partial charge on any atom is 0.316 e. The number of Topliss-reactive ketones (excluding diaryl/α,β-unsaturated/α-hetero) is 1. The molecule has 3 aromatic rings. The largest absolute Gasteiger partial charge is 0.486 e. The van der Waals surface area contributed by atoms with Crippen LogP contribution < -0.4 is 9.47 Å². The van der Waals surface area contributed by atoms with Crippen LogP contribution in [0.4, 0.5) is 0 Å². The first kappa shape index (κ1) is 17.5. The van der Waals surface area contributed by atoms with Gasteiger partial charge in [0.1, 0.15) is 13.2 Å². The third-order valence-corrected chi connectivity index (χ3v) is 5.09. The highest BCUT2D eigenvalue weighted by Gasteiger charge is 2.15. The van der Waals surface area contributed by atoms with Crippen molar-refractivity contribution in [1.82, 2.24) is 4.98 Å². The Bertz CT molecular complexity index is 997. The highest BCUT2D eigenvalue weighted by molar-refractivity contribution is 8.00. The molecule has 0 saturated carbocycles. The summed E-state index contributed by atoms with van der Waals surface area (Å²) in [5.74, 6) is 0.820. The smallest absolute Gasteiger partial charge is 0.316 e. The Morgan fingerprint density at radius 3 is 2.78 bits per heavy atom. The third kappa shape index (κ3) is 3.93. The number of fused-ring (bicyclic) bond motifs is 2. The zero-order chi connectivity index (χ0) is 18.6. The lowest BCUT2D eigenvalue weighted by molar-refractivity contribution is -0.139. The summed E-state index contributed by atoms with van der Waals surface area (Å²) in [6.07, 6.45) is 1.64. The van der Waals surface area contributed by atoms with E-state index in [-0.39, 0.29) is 18.1 Å². The molecule has 0 fully saturated rings. The van der Waals surface area contributed by atoms with Crippen LogP contribution in [0, 0.1) is 0 Å². The molecule has 1 aliphatic heterocycles. The Labute approximate surface area is 159 Å². The van der Waals surface area contributed by atoms with Gasteiger partial charge in [0.15, 0.2) is 18.1 Å². The average Bonchev–Trinajstić information content (AvgIpc) is 3.14. The van der Waals surface area contributed by atoms with Crippen molar-refractivity contribution in [1.29, 1.82) is 0 Å². The molecule has 0 unspecified atom stereocenters. The molecule has 2 heterocycles. The topological polar surface area (TPSA) is 77.6 Å². The lowest BCUT2D eigenvalue weighted by Crippen LogP contribution is -2.16. The number of nitrogens with one attached hydrogen (secondary N) is 1. The van der Waals surface area contributed by atoms with Crippen molar-refractivity contribution in [3.05, 3.63) is 54.2 Å². The van der Waals surface area contributed by atoms with E-state index in [9.17, 15) is 9.59 Å². The fraction of sp³-hybridized carbons (Fsp3) is 0.200. The Morgan fingerprint density at radius 2 is 1.89 bits per heavy atom. The van der Waals surface area contributed by atoms with Crippen molar-refractivity contribution in [3.8, 4) is 11.5 Å². The molecule has 2 aromatic carbocycles. The minimum atomic E-state index is -0.442. The van der Waals surface area contributed by atoms with Crippen molar-refractivity contribution in [2.24, 2.45) is 0 Å². The average molecular weight is 383 g/mol. The molecular formula is C20H17NO5S. The van der Waals surface area contributed by atoms with E-state index in [1.807, 2.05) is 42.5 Å². The summed E-state index contributed by atoms with van der Waals surface area (Å²) in [7, 11) is 0. The molecule has 0 radical (unpaired) electrons. The van der Waals surface area contributed by atoms with Crippen LogP contribution in [0.15, 0.2) is 53.6 Å². The number of carbonyl (C=O) groups excluding carboxylic acids is 2. The molecule has 0 aliphatic carbocycles. The first-order valence-corrected chi connectivity index (χ1v) is 9.46. The van der Waals surface area contributed by atoms with Gasteiger partial charge in [0.05, 0.1) is 5.75 Å². The van der Waals surface area contributed by atoms with Crippen molar-refractivity contribution in [2.75, 3.05) is 25.6 Å². The van der Waals surface area contributed by atoms with E-state index in [1.165, 1.54) is 11.8 Å². The molecule has 0 bridgehead atoms. The van der Waals surface area contributed by atoms with Gasteiger partial charge in [0.25, 0.3) is 0 Å². The molecule has 1 aromatic heterocycles. The van der Waals surface area contributed by atoms with Gasteiger partial charge >= 0.3 is 5.97 Å². The summed E-state index contributed by atoms with van der Waals surface area (Å²) in [5, 5.41) is 0.823. The lowest BCUT2D eigenvalue weighted by atomic mass is 10.1. The highest BCUT2D eigenvalue weighted by Crippen LogP contribution is 2.34. The first-order valence-electron chi connectivity index (χ1n) is 8.48. The molecule has 0 amide bonds. The fourth-order valence-electron chi connectivity index (χ4n) is 2.82. The normalized spacial score (nSPS) is 12.7. The van der Waals surface area contributed by atoms with E-state index in [2.05, 4.69) is 4.98 Å². The summed E-state index contributed by atoms with van der Waals surface area (Å²) in [4.78, 5) is 28.2. The number of H-pyrrole nitrogens is 1. The number of aromatic nitrogens is 1. The Hall–Kier alpha value is -2.93. The van der Waals surface area contributed by atoms with Gasteiger partial charge in [-0.05, 0) is 24.3 Å². The van der Waals surface area contributed by atoms with Gasteiger partial charge in [-0.25, -0.2) is 0 Å². The molecule has 138 valence electrons. The van der Waals surface area contributed by atoms with E-state index in [1.54, 1.807) is 6.20 Å². The van der Waals surface area contributed by atoms with Crippen LogP contribution in [0.2, 0.25) is 0 Å². The van der Waals surface area contributed by atoms with Crippen molar-refractivity contribution >= 4 is 34.4 Å². The molecule has 0 saturated heterocycles. The van der Waals surface area contributed by atoms with Gasteiger partial charge in [-0.2, -0.15) is 0 Å². The Balaban J connectivity index is 1.30. The minimum absolute atomic E-state index is 0.112. The summed E-state index contributed by atoms with van der Waals surface area (Å²) in [6, 6.07) is 13.0. The predicted molar refractivity (Wildman–Crippen MR) is 102 cm³/mol. The van der Waals surface area contributed by atoms with Crippen LogP contribution in [0.25, 0.3) is 10.9 Å². The van der Waals surface area contributed by atoms with E-state index in [4.69, 9.17) is 14.2 Å². The van der Waals surface area contributed by atoms with Crippen LogP contribution in [-0.4, -0.2) is 42.3 Å². The molecule has 1 aliphatic rings. The number of hydrogen-bond acceptors (Lipinski definition) is 6. The number of esters is 1. The second-order valence-electron chi connectivity index (χ2n) is 5.93. The number of ketones is 1. The predicted octanol–water partition coefficient (Wildman–Crippen LogP) is 3.46. The van der Waals surface area contributed by atoms with Gasteiger partial charge in [0, 0.05) is 27.6 Å². The second-order valence-corrected chi connectivity index (χ2v) is 6.97. The van der Waals surface area contributed by atoms with Crippen LogP contribution in [0.3, 0.4) is 0 Å². The van der Waals surface area contributed by atoms with Crippen LogP contribution in [0.1, 0.15) is 10.4 Å². The number of benzene rings is 2. The lowest BCUT2D eigenvalue weighted by Gasteiger charge is -2.18. The number of para-hydroxylation sites is 1. The first-order chi connectivity index (χ1) is 13.2. The molecule has 7 heteroatoms. The van der Waals surface area contributed by atoms with E-state index in [0.29, 0.717) is 30.3 Å². The van der Waals surface area contributed by atoms with E-state index in [0.717, 1.165) is 15.8 Å². The molecule has 0 spiro atoms. The molecule has 27 heavy (non-hydrogen) atoms. The Morgan fingerprint density at radius 1 is 1.07 bits per heavy atom. The number of ether oxygens (including phenoxy) is 3. The number of hydrogen-bond donors (Lipinski definition) is 1. The van der Waals surface area contributed by atoms with Gasteiger partial charge in [0.2, 0.25) is 5.78 Å². The fourth-order valence-corrected chi connectivity index (χ4v) is 3.55. The molecule has 6 nitrogen and oxygen atoms in total. The maximum absolute atomic E-state index is 12.3. The molecule has 4 rings (SSSR count). The minimum Gasteiger partial charge on any atom is -0.486 e. The van der Waals surface area contributed by atoms with Gasteiger partial charge in [-0.15, -0.1) is 11.8 Å². The van der Waals surface area contributed by atoms with E-state index < -0.39 is 5.97 Å². The number of rotatable bonds is 6. The third-order valence-electron chi connectivity index (χ3n) is 4.12. The number of aromatic amines is 1. The summed E-state index contributed by atoms with van der Waals surface area (Å²) < 4.78 is 16.1. The van der Waals surface area contributed by atoms with Crippen molar-refractivity contribution in [3.63, 3.8) is 0 Å². The van der Waals surface area contributed by atoms with Gasteiger partial charge in [-0.1, -0.05) is 18.2 Å². The number of thioether (sulfide) groups is 1. The second kappa shape index (κ2) is 7.75. The van der Waals surface area contributed by atoms with Crippen LogP contribution >= 0.6 is 11.8 Å². The molecule has 1 N–H and O–H groups in total. The standard InChI is InChI=1S/C20H17NO5S/c22-17(15-10-21-16-4-2-1-3-14(15)16)11-26-20(23)12-27-13-5-6-18-19(9-13)25-8-7-24-18/h1-6,9-10,21H,7-8,11-12H2. The van der Waals surface area contributed by atoms with Crippen molar-refractivity contribution in [2.45, 2.75) is 4.90 Å². The van der Waals surface area contributed by atoms with Crippen LogP contribution in [0.5, 0.6) is 11.5 Å². The summed E-state index contributed by atoms with van der Waals surface area (Å²) >= 11 is 1.33. The zero-order valence-corrected chi connectivity index (χ0v) is 15.2. The molecular weight excluding hydrogens is 366 g/mol. The van der Waals surface area contributed by atoms with Crippen molar-refractivity contribution < 1.29 is 23.8 Å². The highest BCUT2D eigenvalue weighted by atomic mass is 32.2. The summed E-state index contributed by atoms with van der Waals surface area (Å²) in [5.41, 5.74) is 1.40. The maximum atomic E-state index is 12.3. The van der Waals surface area contributed by atoms with Crippen LogP contribution in [-0.2, 0) is 9.53 Å². The monoisotopic (exact) mass is 383 g/mol. The number of carbonyl (C=O) groups is 2. The zero-order valence-electron chi connectivity index (χ0n) is 14.4. The summed E-state index contributed by atoms with van der Waals surface area (Å²) in [6.45, 7) is 0.776. The van der Waals surface area contributed by atoms with Gasteiger partial charge in [-0.3, -0.25) is 9.59 Å². The SMILES string of the molecule is O=C(CSc1ccc2c(c1)OCCO2)OCC(=O)c1c[nH]c2ccccc12. The molecule has 0 atom stereocenters. The Kier molecular flexibility index (Phi) is 5.02.